The molecule has 0 aliphatic carbocycles. The smallest absolute Gasteiger partial charge is 0.174 e. The van der Waals surface area contributed by atoms with Crippen LogP contribution in [0, 0.1) is 0 Å². The summed E-state index contributed by atoms with van der Waals surface area (Å²) in [7, 11) is 0. The first-order valence-electron chi connectivity index (χ1n) is 6.24. The van der Waals surface area contributed by atoms with Gasteiger partial charge in [-0.2, -0.15) is 0 Å². The summed E-state index contributed by atoms with van der Waals surface area (Å²) in [5.74, 6) is -1.65. The molecular weight excluding hydrogens is 276 g/mol. The van der Waals surface area contributed by atoms with Gasteiger partial charge in [-0.05, 0) is 29.8 Å². The molecule has 0 unspecified atom stereocenters. The first-order chi connectivity index (χ1) is 9.97. The minimum Gasteiger partial charge on any atom is -0.504 e. The zero-order chi connectivity index (χ0) is 15.1. The Labute approximate surface area is 119 Å². The maximum atomic E-state index is 12.1. The van der Waals surface area contributed by atoms with Gasteiger partial charge in [-0.1, -0.05) is 6.07 Å². The van der Waals surface area contributed by atoms with E-state index in [4.69, 9.17) is 4.74 Å². The predicted molar refractivity (Wildman–Crippen MR) is 71.9 cm³/mol. The lowest BCUT2D eigenvalue weighted by Gasteiger charge is -2.26. The Morgan fingerprint density at radius 1 is 0.952 bits per heavy atom. The van der Waals surface area contributed by atoms with Gasteiger partial charge in [-0.15, -0.1) is 0 Å². The monoisotopic (exact) mass is 288 g/mol. The van der Waals surface area contributed by atoms with Gasteiger partial charge in [-0.25, -0.2) is 0 Å². The van der Waals surface area contributed by atoms with Gasteiger partial charge in [0.1, 0.15) is 17.4 Å². The molecule has 0 saturated carbocycles. The fraction of sp³-hybridized carbons (Fsp3) is 0.133. The number of ether oxygens (including phenoxy) is 1. The van der Waals surface area contributed by atoms with Crippen molar-refractivity contribution in [3.63, 3.8) is 0 Å². The van der Waals surface area contributed by atoms with Crippen LogP contribution in [-0.4, -0.2) is 26.2 Å². The highest BCUT2D eigenvalue weighted by atomic mass is 16.5. The molecular formula is C15H12O6. The zero-order valence-electron chi connectivity index (χ0n) is 10.8. The van der Waals surface area contributed by atoms with Crippen LogP contribution in [0.5, 0.6) is 28.7 Å². The largest absolute Gasteiger partial charge is 0.504 e. The first-order valence-corrected chi connectivity index (χ1v) is 6.24. The maximum absolute atomic E-state index is 12.1. The summed E-state index contributed by atoms with van der Waals surface area (Å²) in [5, 5.41) is 38.0. The van der Waals surface area contributed by atoms with Gasteiger partial charge in [0.15, 0.2) is 28.8 Å². The third-order valence-electron chi connectivity index (χ3n) is 3.41. The van der Waals surface area contributed by atoms with Gasteiger partial charge in [0, 0.05) is 0 Å². The van der Waals surface area contributed by atoms with E-state index in [0.717, 1.165) is 0 Å². The summed E-state index contributed by atoms with van der Waals surface area (Å²) in [6.45, 7) is 0. The number of hydrogen-bond donors (Lipinski definition) is 4. The van der Waals surface area contributed by atoms with Crippen molar-refractivity contribution in [2.75, 3.05) is 0 Å². The molecule has 1 aliphatic rings. The molecule has 108 valence electrons. The number of phenolic OH excluding ortho intramolecular Hbond substituents is 4. The van der Waals surface area contributed by atoms with Crippen molar-refractivity contribution in [3.05, 3.63) is 41.5 Å². The van der Waals surface area contributed by atoms with E-state index in [1.165, 1.54) is 30.3 Å². The van der Waals surface area contributed by atoms with Crippen molar-refractivity contribution in [2.45, 2.75) is 12.5 Å². The van der Waals surface area contributed by atoms with Crippen LogP contribution in [0.3, 0.4) is 0 Å². The number of carbonyl (C=O) groups excluding carboxylic acids is 1. The molecule has 0 bridgehead atoms. The quantitative estimate of drug-likeness (QED) is 0.599. The standard InChI is InChI=1S/C15H12O6/c16-8-2-1-7(5-10(8)18)13-6-11(19)14-12(21-13)4-3-9(17)15(14)20/h1-5,13,16-18,20H,6H2/t13-/m0/s1. The van der Waals surface area contributed by atoms with E-state index in [-0.39, 0.29) is 40.8 Å². The minimum absolute atomic E-state index is 0.0470. The van der Waals surface area contributed by atoms with Gasteiger partial charge in [-0.3, -0.25) is 4.79 Å². The second-order valence-corrected chi connectivity index (χ2v) is 4.79. The minimum atomic E-state index is -0.638. The second-order valence-electron chi connectivity index (χ2n) is 4.79. The van der Waals surface area contributed by atoms with E-state index in [9.17, 15) is 25.2 Å². The molecule has 6 nitrogen and oxygen atoms in total. The van der Waals surface area contributed by atoms with Crippen molar-refractivity contribution in [2.24, 2.45) is 0 Å². The van der Waals surface area contributed by atoms with Crippen molar-refractivity contribution in [3.8, 4) is 28.7 Å². The summed E-state index contributed by atoms with van der Waals surface area (Å²) < 4.78 is 5.63. The second kappa shape index (κ2) is 4.59. The van der Waals surface area contributed by atoms with Gasteiger partial charge in [0.2, 0.25) is 0 Å². The van der Waals surface area contributed by atoms with Gasteiger partial charge in [0.05, 0.1) is 6.42 Å². The normalized spacial score (nSPS) is 17.1. The third-order valence-corrected chi connectivity index (χ3v) is 3.41. The number of ketones is 1. The van der Waals surface area contributed by atoms with Crippen LogP contribution in [0.1, 0.15) is 28.4 Å². The lowest BCUT2D eigenvalue weighted by molar-refractivity contribution is 0.0843. The lowest BCUT2D eigenvalue weighted by Crippen LogP contribution is -2.20. The highest BCUT2D eigenvalue weighted by Crippen LogP contribution is 2.43. The Hall–Kier alpha value is -2.89. The van der Waals surface area contributed by atoms with Crippen LogP contribution in [-0.2, 0) is 0 Å². The summed E-state index contributed by atoms with van der Waals surface area (Å²) in [4.78, 5) is 12.1. The average Bonchev–Trinajstić information content (AvgIpc) is 2.45. The topological polar surface area (TPSA) is 107 Å². The van der Waals surface area contributed by atoms with E-state index in [1.807, 2.05) is 0 Å². The molecule has 6 heteroatoms. The molecule has 0 saturated heterocycles. The summed E-state index contributed by atoms with van der Waals surface area (Å²) >= 11 is 0. The number of Topliss-reactive ketones (excluding diaryl/α,β-unsaturated/α-hetero) is 1. The molecule has 21 heavy (non-hydrogen) atoms. The zero-order valence-corrected chi connectivity index (χ0v) is 10.8. The van der Waals surface area contributed by atoms with E-state index in [1.54, 1.807) is 0 Å². The fourth-order valence-corrected chi connectivity index (χ4v) is 2.32. The Morgan fingerprint density at radius 2 is 1.67 bits per heavy atom. The molecule has 0 spiro atoms. The van der Waals surface area contributed by atoms with Gasteiger partial charge < -0.3 is 25.2 Å². The molecule has 4 N–H and O–H groups in total. The summed E-state index contributed by atoms with van der Waals surface area (Å²) in [6, 6.07) is 6.80. The highest BCUT2D eigenvalue weighted by Gasteiger charge is 2.31. The maximum Gasteiger partial charge on any atom is 0.174 e. The molecule has 0 aromatic heterocycles. The highest BCUT2D eigenvalue weighted by molar-refractivity contribution is 6.03. The number of hydrogen-bond acceptors (Lipinski definition) is 6. The molecule has 0 fully saturated rings. The molecule has 1 atom stereocenters. The number of rotatable bonds is 1. The van der Waals surface area contributed by atoms with Crippen LogP contribution in [0.15, 0.2) is 30.3 Å². The molecule has 1 aliphatic heterocycles. The van der Waals surface area contributed by atoms with Crippen molar-refractivity contribution < 1.29 is 30.0 Å². The molecule has 1 heterocycles. The van der Waals surface area contributed by atoms with E-state index >= 15 is 0 Å². The number of fused-ring (bicyclic) bond motifs is 1. The van der Waals surface area contributed by atoms with Gasteiger partial charge >= 0.3 is 0 Å². The van der Waals surface area contributed by atoms with Crippen LogP contribution in [0.25, 0.3) is 0 Å². The molecule has 2 aromatic rings. The number of aromatic hydroxyl groups is 4. The Balaban J connectivity index is 2.00. The van der Waals surface area contributed by atoms with Crippen LogP contribution < -0.4 is 4.74 Å². The predicted octanol–water partition coefficient (Wildman–Crippen LogP) is 2.22. The summed E-state index contributed by atoms with van der Waals surface area (Å²) in [5.41, 5.74) is 0.478. The van der Waals surface area contributed by atoms with Crippen LogP contribution in [0.2, 0.25) is 0 Å². The lowest BCUT2D eigenvalue weighted by atomic mass is 9.95. The van der Waals surface area contributed by atoms with Crippen molar-refractivity contribution in [1.29, 1.82) is 0 Å². The number of benzene rings is 2. The van der Waals surface area contributed by atoms with E-state index in [2.05, 4.69) is 0 Å². The molecule has 3 rings (SSSR count). The van der Waals surface area contributed by atoms with Crippen molar-refractivity contribution in [1.82, 2.24) is 0 Å². The molecule has 0 amide bonds. The van der Waals surface area contributed by atoms with Crippen LogP contribution in [0.4, 0.5) is 0 Å². The third kappa shape index (κ3) is 2.10. The SMILES string of the molecule is O=C1C[C@@H](c2ccc(O)c(O)c2)Oc2ccc(O)c(O)c21. The van der Waals surface area contributed by atoms with E-state index in [0.29, 0.717) is 5.56 Å². The van der Waals surface area contributed by atoms with Crippen LogP contribution >= 0.6 is 0 Å². The Morgan fingerprint density at radius 3 is 2.38 bits per heavy atom. The number of carbonyl (C=O) groups is 1. The Kier molecular flexibility index (Phi) is 2.86. The first kappa shape index (κ1) is 13.1. The van der Waals surface area contributed by atoms with Gasteiger partial charge in [0.25, 0.3) is 0 Å². The molecule has 0 radical (unpaired) electrons. The average molecular weight is 288 g/mol. The fourth-order valence-electron chi connectivity index (χ4n) is 2.32. The number of phenols is 4. The molecule has 2 aromatic carbocycles. The summed E-state index contributed by atoms with van der Waals surface area (Å²) in [6.07, 6.45) is -0.686. The van der Waals surface area contributed by atoms with E-state index < -0.39 is 11.9 Å². The van der Waals surface area contributed by atoms with Crippen molar-refractivity contribution >= 4 is 5.78 Å². The Bertz CT molecular complexity index is 737.